The molecule has 4 aromatic rings. The molecule has 1 fully saturated rings. The van der Waals surface area contributed by atoms with Crippen molar-refractivity contribution in [1.29, 1.82) is 0 Å². The van der Waals surface area contributed by atoms with Crippen LogP contribution in [-0.2, 0) is 9.59 Å². The predicted molar refractivity (Wildman–Crippen MR) is 132 cm³/mol. The Bertz CT molecular complexity index is 1380. The number of rotatable bonds is 6. The van der Waals surface area contributed by atoms with Crippen LogP contribution in [-0.4, -0.2) is 35.6 Å². The number of aromatic nitrogens is 2. The average molecular weight is 469 g/mol. The van der Waals surface area contributed by atoms with Gasteiger partial charge in [0.05, 0.1) is 30.0 Å². The summed E-state index contributed by atoms with van der Waals surface area (Å²) in [6.45, 7) is 2.28. The molecule has 0 aliphatic carbocycles. The molecular weight excluding hydrogens is 444 g/mol. The van der Waals surface area contributed by atoms with Crippen molar-refractivity contribution in [2.24, 2.45) is 5.92 Å². The van der Waals surface area contributed by atoms with Crippen molar-refractivity contribution in [3.8, 4) is 28.6 Å². The highest BCUT2D eigenvalue weighted by atomic mass is 16.5. The van der Waals surface area contributed by atoms with Gasteiger partial charge in [0.2, 0.25) is 17.6 Å². The molecule has 0 saturated carbocycles. The number of nitrogens with zero attached hydrogens (tertiary/aromatic N) is 3. The number of aryl methyl sites for hydroxylation is 1. The molecule has 5 rings (SSSR count). The summed E-state index contributed by atoms with van der Waals surface area (Å²) in [5.41, 5.74) is 3.79. The van der Waals surface area contributed by atoms with E-state index in [1.165, 1.54) is 0 Å². The Morgan fingerprint density at radius 2 is 1.80 bits per heavy atom. The zero-order valence-corrected chi connectivity index (χ0v) is 19.4. The van der Waals surface area contributed by atoms with Crippen LogP contribution in [0.15, 0.2) is 77.3 Å². The number of benzene rings is 3. The van der Waals surface area contributed by atoms with E-state index in [1.807, 2.05) is 67.6 Å². The molecule has 1 aliphatic rings. The van der Waals surface area contributed by atoms with Crippen LogP contribution in [0.4, 0.5) is 11.4 Å². The lowest BCUT2D eigenvalue weighted by atomic mass is 10.1. The summed E-state index contributed by atoms with van der Waals surface area (Å²) in [7, 11) is 1.56. The highest BCUT2D eigenvalue weighted by molar-refractivity contribution is 6.05. The van der Waals surface area contributed by atoms with E-state index in [2.05, 4.69) is 15.5 Å². The third kappa shape index (κ3) is 4.50. The Hall–Kier alpha value is -4.46. The molecule has 2 heterocycles. The Balaban J connectivity index is 1.34. The first-order valence-electron chi connectivity index (χ1n) is 11.3. The number of nitrogens with one attached hydrogen (secondary N) is 1. The van der Waals surface area contributed by atoms with Gasteiger partial charge in [-0.15, -0.1) is 0 Å². The van der Waals surface area contributed by atoms with E-state index in [0.717, 1.165) is 11.1 Å². The normalized spacial score (nSPS) is 15.3. The predicted octanol–water partition coefficient (Wildman–Crippen LogP) is 4.71. The van der Waals surface area contributed by atoms with Crippen molar-refractivity contribution in [2.45, 2.75) is 13.3 Å². The van der Waals surface area contributed by atoms with Gasteiger partial charge in [0.25, 0.3) is 5.89 Å². The van der Waals surface area contributed by atoms with Crippen molar-refractivity contribution < 1.29 is 18.8 Å². The lowest BCUT2D eigenvalue weighted by Crippen LogP contribution is -2.28. The maximum absolute atomic E-state index is 13.1. The van der Waals surface area contributed by atoms with Gasteiger partial charge >= 0.3 is 0 Å². The summed E-state index contributed by atoms with van der Waals surface area (Å²) in [6.07, 6.45) is 0.115. The Kier molecular flexibility index (Phi) is 6.01. The quantitative estimate of drug-likeness (QED) is 0.440. The maximum atomic E-state index is 13.1. The average Bonchev–Trinajstić information content (AvgIpc) is 3.52. The van der Waals surface area contributed by atoms with Gasteiger partial charge in [0.15, 0.2) is 0 Å². The number of hydrogen-bond acceptors (Lipinski definition) is 6. The van der Waals surface area contributed by atoms with E-state index in [4.69, 9.17) is 9.26 Å². The fourth-order valence-corrected chi connectivity index (χ4v) is 4.13. The second-order valence-corrected chi connectivity index (χ2v) is 8.40. The largest absolute Gasteiger partial charge is 0.495 e. The standard InChI is InChI=1S/C27H24N4O4/c1-17-11-13-18(14-12-17)25-29-27(35-30-25)20-7-3-4-8-21(20)28-26(33)19-15-24(32)31(16-19)22-9-5-6-10-23(22)34-2/h3-14,19H,15-16H2,1-2H3,(H,28,33)/t19-/m1/s1. The number of para-hydroxylation sites is 3. The van der Waals surface area contributed by atoms with E-state index < -0.39 is 5.92 Å². The Morgan fingerprint density at radius 1 is 1.06 bits per heavy atom. The molecule has 1 saturated heterocycles. The molecular formula is C27H24N4O4. The number of hydrogen-bond donors (Lipinski definition) is 1. The molecule has 35 heavy (non-hydrogen) atoms. The van der Waals surface area contributed by atoms with Crippen LogP contribution < -0.4 is 15.0 Å². The molecule has 3 aromatic carbocycles. The first-order chi connectivity index (χ1) is 17.0. The third-order valence-electron chi connectivity index (χ3n) is 6.02. The number of carbonyl (C=O) groups is 2. The smallest absolute Gasteiger partial charge is 0.260 e. The number of amides is 2. The minimum Gasteiger partial charge on any atom is -0.495 e. The molecule has 0 radical (unpaired) electrons. The van der Waals surface area contributed by atoms with Gasteiger partial charge < -0.3 is 19.5 Å². The molecule has 0 bridgehead atoms. The molecule has 2 amide bonds. The fraction of sp³-hybridized carbons (Fsp3) is 0.185. The second-order valence-electron chi connectivity index (χ2n) is 8.40. The van der Waals surface area contributed by atoms with Gasteiger partial charge in [-0.1, -0.05) is 59.3 Å². The van der Waals surface area contributed by atoms with Crippen LogP contribution in [0.1, 0.15) is 12.0 Å². The molecule has 1 aliphatic heterocycles. The molecule has 1 N–H and O–H groups in total. The molecule has 1 aromatic heterocycles. The summed E-state index contributed by atoms with van der Waals surface area (Å²) in [6, 6.07) is 22.4. The maximum Gasteiger partial charge on any atom is 0.260 e. The Morgan fingerprint density at radius 3 is 2.60 bits per heavy atom. The van der Waals surface area contributed by atoms with Gasteiger partial charge in [-0.2, -0.15) is 4.98 Å². The third-order valence-corrected chi connectivity index (χ3v) is 6.02. The summed E-state index contributed by atoms with van der Waals surface area (Å²) >= 11 is 0. The van der Waals surface area contributed by atoms with Crippen molar-refractivity contribution >= 4 is 23.2 Å². The van der Waals surface area contributed by atoms with E-state index in [1.54, 1.807) is 24.1 Å². The SMILES string of the molecule is COc1ccccc1N1C[C@H](C(=O)Nc2ccccc2-c2nc(-c3ccc(C)cc3)no2)CC1=O. The first kappa shape index (κ1) is 22.3. The van der Waals surface area contributed by atoms with Gasteiger partial charge in [-0.3, -0.25) is 9.59 Å². The van der Waals surface area contributed by atoms with Crippen LogP contribution in [0.5, 0.6) is 5.75 Å². The summed E-state index contributed by atoms with van der Waals surface area (Å²) in [5.74, 6) is 0.480. The highest BCUT2D eigenvalue weighted by Crippen LogP contribution is 2.34. The molecule has 8 nitrogen and oxygen atoms in total. The van der Waals surface area contributed by atoms with Crippen LogP contribution in [0.3, 0.4) is 0 Å². The monoisotopic (exact) mass is 468 g/mol. The van der Waals surface area contributed by atoms with Crippen molar-refractivity contribution in [3.05, 3.63) is 78.4 Å². The first-order valence-corrected chi connectivity index (χ1v) is 11.3. The van der Waals surface area contributed by atoms with Crippen LogP contribution in [0, 0.1) is 12.8 Å². The molecule has 176 valence electrons. The number of methoxy groups -OCH3 is 1. The zero-order chi connectivity index (χ0) is 24.4. The summed E-state index contributed by atoms with van der Waals surface area (Å²) < 4.78 is 10.9. The van der Waals surface area contributed by atoms with Gasteiger partial charge in [-0.25, -0.2) is 0 Å². The highest BCUT2D eigenvalue weighted by Gasteiger charge is 2.36. The number of anilines is 2. The van der Waals surface area contributed by atoms with E-state index in [-0.39, 0.29) is 24.8 Å². The minimum atomic E-state index is -0.508. The molecule has 8 heteroatoms. The molecule has 0 unspecified atom stereocenters. The summed E-state index contributed by atoms with van der Waals surface area (Å²) in [5, 5.41) is 7.05. The van der Waals surface area contributed by atoms with Crippen LogP contribution >= 0.6 is 0 Å². The zero-order valence-electron chi connectivity index (χ0n) is 19.4. The van der Waals surface area contributed by atoms with Crippen molar-refractivity contribution in [1.82, 2.24) is 10.1 Å². The lowest BCUT2D eigenvalue weighted by molar-refractivity contribution is -0.122. The van der Waals surface area contributed by atoms with Crippen molar-refractivity contribution in [3.63, 3.8) is 0 Å². The number of carbonyl (C=O) groups excluding carboxylic acids is 2. The fourth-order valence-electron chi connectivity index (χ4n) is 4.13. The van der Waals surface area contributed by atoms with E-state index in [9.17, 15) is 9.59 Å². The van der Waals surface area contributed by atoms with Gasteiger partial charge in [0.1, 0.15) is 5.75 Å². The topological polar surface area (TPSA) is 97.6 Å². The molecule has 1 atom stereocenters. The minimum absolute atomic E-state index is 0.115. The Labute approximate surface area is 202 Å². The van der Waals surface area contributed by atoms with Gasteiger partial charge in [-0.05, 0) is 31.2 Å². The van der Waals surface area contributed by atoms with E-state index >= 15 is 0 Å². The van der Waals surface area contributed by atoms with Gasteiger partial charge in [0, 0.05) is 18.5 Å². The summed E-state index contributed by atoms with van der Waals surface area (Å²) in [4.78, 5) is 32.0. The second kappa shape index (κ2) is 9.42. The molecule has 0 spiro atoms. The van der Waals surface area contributed by atoms with Crippen LogP contribution in [0.25, 0.3) is 22.8 Å². The van der Waals surface area contributed by atoms with Crippen LogP contribution in [0.2, 0.25) is 0 Å². The number of ether oxygens (including phenoxy) is 1. The van der Waals surface area contributed by atoms with E-state index in [0.29, 0.717) is 34.4 Å². The van der Waals surface area contributed by atoms with Crippen molar-refractivity contribution in [2.75, 3.05) is 23.9 Å². The lowest BCUT2D eigenvalue weighted by Gasteiger charge is -2.19.